The fourth-order valence-electron chi connectivity index (χ4n) is 5.63. The highest BCUT2D eigenvalue weighted by Gasteiger charge is 2.23. The molecule has 220 valence electrons. The van der Waals surface area contributed by atoms with E-state index in [1.165, 1.54) is 12.7 Å². The van der Waals surface area contributed by atoms with Crippen molar-refractivity contribution in [1.29, 1.82) is 0 Å². The molecule has 2 heterocycles. The number of nitrogens with zero attached hydrogens (tertiary/aromatic N) is 2. The highest BCUT2D eigenvalue weighted by molar-refractivity contribution is 6.33. The van der Waals surface area contributed by atoms with Crippen LogP contribution in [0.1, 0.15) is 45.5 Å². The molecule has 2 amide bonds. The van der Waals surface area contributed by atoms with E-state index in [4.69, 9.17) is 22.1 Å². The summed E-state index contributed by atoms with van der Waals surface area (Å²) in [7, 11) is 1.51. The predicted molar refractivity (Wildman–Crippen MR) is 168 cm³/mol. The number of methoxy groups -OCH3 is 1. The topological polar surface area (TPSA) is 102 Å². The maximum absolute atomic E-state index is 13.1. The van der Waals surface area contributed by atoms with E-state index < -0.39 is 0 Å². The van der Waals surface area contributed by atoms with Gasteiger partial charge < -0.3 is 30.6 Å². The zero-order chi connectivity index (χ0) is 29.5. The first kappa shape index (κ1) is 29.5. The second kappa shape index (κ2) is 13.8. The standard InChI is InChI=1S/C33H38ClN5O3/c1-42-31-18-29(35)28(34)17-26(31)32(40)37-19-24-13-16-38(20-24)15-8-7-14-36-33(41)27-22-39(21-23-9-3-2-4-10-23)30-12-6-5-11-25(27)30/h2-6,9-12,17-18,22,24H,7-8,13-16,19-21,35H2,1H3,(H,36,41)(H,37,40)/t24-/m0/s1. The molecule has 0 spiro atoms. The van der Waals surface area contributed by atoms with Gasteiger partial charge in [-0.15, -0.1) is 0 Å². The number of anilines is 1. The lowest BCUT2D eigenvalue weighted by Gasteiger charge is -2.17. The molecule has 5 rings (SSSR count). The van der Waals surface area contributed by atoms with E-state index in [0.717, 1.165) is 56.3 Å². The largest absolute Gasteiger partial charge is 0.496 e. The van der Waals surface area contributed by atoms with E-state index >= 15 is 0 Å². The zero-order valence-corrected chi connectivity index (χ0v) is 24.7. The van der Waals surface area contributed by atoms with Crippen LogP contribution in [-0.4, -0.2) is 61.1 Å². The van der Waals surface area contributed by atoms with Gasteiger partial charge in [0, 0.05) is 49.3 Å². The molecule has 1 aromatic heterocycles. The van der Waals surface area contributed by atoms with Gasteiger partial charge in [0.25, 0.3) is 11.8 Å². The van der Waals surface area contributed by atoms with Crippen LogP contribution in [0, 0.1) is 5.92 Å². The number of carbonyl (C=O) groups excluding carboxylic acids is 2. The molecule has 4 N–H and O–H groups in total. The Morgan fingerprint density at radius 2 is 1.76 bits per heavy atom. The SMILES string of the molecule is COc1cc(N)c(Cl)cc1C(=O)NC[C@@H]1CCN(CCCCNC(=O)c2cn(Cc3ccccc3)c3ccccc23)C1. The van der Waals surface area contributed by atoms with Gasteiger partial charge in [-0.1, -0.05) is 60.1 Å². The number of carbonyl (C=O) groups is 2. The van der Waals surface area contributed by atoms with Crippen molar-refractivity contribution in [2.24, 2.45) is 5.92 Å². The molecule has 8 nitrogen and oxygen atoms in total. The average molecular weight is 588 g/mol. The van der Waals surface area contributed by atoms with E-state index in [1.807, 2.05) is 42.6 Å². The minimum absolute atomic E-state index is 0.0333. The number of para-hydroxylation sites is 1. The minimum atomic E-state index is -0.217. The number of nitrogens with one attached hydrogen (secondary N) is 2. The third-order valence-corrected chi connectivity index (χ3v) is 8.23. The Balaban J connectivity index is 1.04. The summed E-state index contributed by atoms with van der Waals surface area (Å²) in [5, 5.41) is 7.45. The Labute approximate surface area is 251 Å². The molecule has 0 saturated carbocycles. The number of rotatable bonds is 12. The Kier molecular flexibility index (Phi) is 9.66. The van der Waals surface area contributed by atoms with Gasteiger partial charge in [0.05, 0.1) is 28.9 Å². The van der Waals surface area contributed by atoms with Gasteiger partial charge in [-0.05, 0) is 56.0 Å². The van der Waals surface area contributed by atoms with Crippen molar-refractivity contribution in [3.63, 3.8) is 0 Å². The van der Waals surface area contributed by atoms with Crippen LogP contribution in [0.4, 0.5) is 5.69 Å². The number of benzene rings is 3. The normalized spacial score (nSPS) is 15.1. The van der Waals surface area contributed by atoms with Gasteiger partial charge in [-0.3, -0.25) is 9.59 Å². The highest BCUT2D eigenvalue weighted by atomic mass is 35.5. The van der Waals surface area contributed by atoms with Gasteiger partial charge in [-0.25, -0.2) is 0 Å². The van der Waals surface area contributed by atoms with E-state index in [9.17, 15) is 9.59 Å². The number of halogens is 1. The Morgan fingerprint density at radius 3 is 2.57 bits per heavy atom. The first-order valence-corrected chi connectivity index (χ1v) is 14.8. The molecule has 3 aromatic carbocycles. The monoisotopic (exact) mass is 587 g/mol. The van der Waals surface area contributed by atoms with E-state index in [0.29, 0.717) is 46.6 Å². The number of hydrogen-bond donors (Lipinski definition) is 3. The highest BCUT2D eigenvalue weighted by Crippen LogP contribution is 2.29. The van der Waals surface area contributed by atoms with Gasteiger partial charge in [-0.2, -0.15) is 0 Å². The maximum Gasteiger partial charge on any atom is 0.255 e. The van der Waals surface area contributed by atoms with Crippen molar-refractivity contribution in [1.82, 2.24) is 20.1 Å². The van der Waals surface area contributed by atoms with Crippen molar-refractivity contribution in [2.45, 2.75) is 25.8 Å². The Morgan fingerprint density at radius 1 is 1.00 bits per heavy atom. The molecule has 1 aliphatic heterocycles. The van der Waals surface area contributed by atoms with Crippen molar-refractivity contribution in [2.75, 3.05) is 45.6 Å². The third kappa shape index (κ3) is 7.06. The molecule has 0 aliphatic carbocycles. The lowest BCUT2D eigenvalue weighted by atomic mass is 10.1. The molecule has 0 bridgehead atoms. The first-order chi connectivity index (χ1) is 20.4. The summed E-state index contributed by atoms with van der Waals surface area (Å²) in [4.78, 5) is 28.3. The summed E-state index contributed by atoms with van der Waals surface area (Å²) < 4.78 is 7.45. The summed E-state index contributed by atoms with van der Waals surface area (Å²) in [6.45, 7) is 4.86. The van der Waals surface area contributed by atoms with Crippen LogP contribution in [0.15, 0.2) is 72.9 Å². The van der Waals surface area contributed by atoms with Gasteiger partial charge in [0.1, 0.15) is 5.75 Å². The van der Waals surface area contributed by atoms with Crippen LogP contribution in [0.25, 0.3) is 10.9 Å². The number of ether oxygens (including phenoxy) is 1. The van der Waals surface area contributed by atoms with Crippen molar-refractivity contribution in [3.8, 4) is 5.75 Å². The number of aromatic nitrogens is 1. The van der Waals surface area contributed by atoms with E-state index in [2.05, 4.69) is 38.3 Å². The minimum Gasteiger partial charge on any atom is -0.496 e. The summed E-state index contributed by atoms with van der Waals surface area (Å²) >= 11 is 6.11. The summed E-state index contributed by atoms with van der Waals surface area (Å²) in [6, 6.07) is 21.5. The number of unbranched alkanes of at least 4 members (excludes halogenated alkanes) is 1. The van der Waals surface area contributed by atoms with Gasteiger partial charge >= 0.3 is 0 Å². The Hall–Kier alpha value is -4.01. The Bertz CT molecular complexity index is 1540. The number of likely N-dealkylation sites (tertiary alicyclic amines) is 1. The third-order valence-electron chi connectivity index (χ3n) is 7.90. The van der Waals surface area contributed by atoms with Crippen LogP contribution < -0.4 is 21.1 Å². The lowest BCUT2D eigenvalue weighted by Crippen LogP contribution is -2.31. The summed E-state index contributed by atoms with van der Waals surface area (Å²) in [6.07, 6.45) is 4.90. The van der Waals surface area contributed by atoms with Gasteiger partial charge in [0.15, 0.2) is 0 Å². The van der Waals surface area contributed by atoms with Crippen LogP contribution >= 0.6 is 11.6 Å². The number of amides is 2. The molecular weight excluding hydrogens is 550 g/mol. The summed E-state index contributed by atoms with van der Waals surface area (Å²) in [5.41, 5.74) is 9.56. The molecule has 1 atom stereocenters. The second-order valence-electron chi connectivity index (χ2n) is 10.9. The molecule has 4 aromatic rings. The van der Waals surface area contributed by atoms with Crippen molar-refractivity contribution in [3.05, 3.63) is 94.6 Å². The number of nitrogen functional groups attached to an aromatic ring is 1. The van der Waals surface area contributed by atoms with Crippen molar-refractivity contribution < 1.29 is 14.3 Å². The number of fused-ring (bicyclic) bond motifs is 1. The average Bonchev–Trinajstić information content (AvgIpc) is 3.62. The van der Waals surface area contributed by atoms with Crippen molar-refractivity contribution >= 4 is 40.0 Å². The molecule has 1 aliphatic rings. The van der Waals surface area contributed by atoms with Crippen LogP contribution in [-0.2, 0) is 6.54 Å². The second-order valence-corrected chi connectivity index (χ2v) is 11.3. The van der Waals surface area contributed by atoms with E-state index in [-0.39, 0.29) is 11.8 Å². The molecular formula is C33H38ClN5O3. The predicted octanol–water partition coefficient (Wildman–Crippen LogP) is 5.20. The van der Waals surface area contributed by atoms with E-state index in [1.54, 1.807) is 12.1 Å². The molecule has 42 heavy (non-hydrogen) atoms. The maximum atomic E-state index is 13.1. The molecule has 0 unspecified atom stereocenters. The summed E-state index contributed by atoms with van der Waals surface area (Å²) in [5.74, 6) is 0.546. The molecule has 0 radical (unpaired) electrons. The van der Waals surface area contributed by atoms with Gasteiger partial charge in [0.2, 0.25) is 0 Å². The zero-order valence-electron chi connectivity index (χ0n) is 23.9. The number of nitrogens with two attached hydrogens (primary N) is 1. The van der Waals surface area contributed by atoms with Crippen LogP contribution in [0.5, 0.6) is 5.75 Å². The molecule has 1 fully saturated rings. The quantitative estimate of drug-likeness (QED) is 0.156. The molecule has 1 saturated heterocycles. The fraction of sp³-hybridized carbons (Fsp3) is 0.333. The van der Waals surface area contributed by atoms with Crippen LogP contribution in [0.3, 0.4) is 0 Å². The molecule has 9 heteroatoms. The van der Waals surface area contributed by atoms with Crippen LogP contribution in [0.2, 0.25) is 5.02 Å². The lowest BCUT2D eigenvalue weighted by molar-refractivity contribution is 0.0939. The first-order valence-electron chi connectivity index (χ1n) is 14.5. The fourth-order valence-corrected chi connectivity index (χ4v) is 5.79. The smallest absolute Gasteiger partial charge is 0.255 e. The number of hydrogen-bond acceptors (Lipinski definition) is 5.